The lowest BCUT2D eigenvalue weighted by atomic mass is 10.2. The maximum atomic E-state index is 11.3. The van der Waals surface area contributed by atoms with Crippen LogP contribution in [0.25, 0.3) is 17.0 Å². The van der Waals surface area contributed by atoms with E-state index in [0.29, 0.717) is 11.1 Å². The molecule has 1 aromatic carbocycles. The van der Waals surface area contributed by atoms with Gasteiger partial charge in [-0.2, -0.15) is 0 Å². The summed E-state index contributed by atoms with van der Waals surface area (Å²) in [6.45, 7) is 3.51. The minimum atomic E-state index is -0.446. The molecular weight excluding hydrogens is 180 g/mol. The van der Waals surface area contributed by atoms with Crippen molar-refractivity contribution in [1.29, 1.82) is 0 Å². The van der Waals surface area contributed by atoms with Gasteiger partial charge in [0.05, 0.1) is 5.56 Å². The number of rotatable bonds is 1. The number of hydrogen-bond acceptors (Lipinski definition) is 3. The van der Waals surface area contributed by atoms with Crippen molar-refractivity contribution in [2.45, 2.75) is 0 Å². The van der Waals surface area contributed by atoms with Gasteiger partial charge in [0.15, 0.2) is 0 Å². The largest absolute Gasteiger partial charge is 0.508 e. The highest BCUT2D eigenvalue weighted by molar-refractivity contribution is 5.79. The molecule has 70 valence electrons. The molecule has 0 spiro atoms. The topological polar surface area (TPSA) is 50.4 Å². The molecule has 2 rings (SSSR count). The normalized spacial score (nSPS) is 10.3. The molecule has 0 amide bonds. The van der Waals surface area contributed by atoms with Crippen molar-refractivity contribution < 1.29 is 9.52 Å². The number of benzene rings is 1. The maximum absolute atomic E-state index is 11.3. The Morgan fingerprint density at radius 3 is 2.86 bits per heavy atom. The second-order valence-corrected chi connectivity index (χ2v) is 2.92. The van der Waals surface area contributed by atoms with Crippen LogP contribution in [0, 0.1) is 0 Å². The standard InChI is InChI=1S/C11H8O3/c1-2-7-5-8-3-4-9(12)6-10(8)14-11(7)13/h2-6,12H,1H2. The van der Waals surface area contributed by atoms with Crippen LogP contribution < -0.4 is 5.63 Å². The second kappa shape index (κ2) is 3.03. The van der Waals surface area contributed by atoms with Gasteiger partial charge >= 0.3 is 5.63 Å². The highest BCUT2D eigenvalue weighted by Gasteiger charge is 2.02. The molecule has 0 unspecified atom stereocenters. The van der Waals surface area contributed by atoms with Gasteiger partial charge in [0, 0.05) is 11.5 Å². The maximum Gasteiger partial charge on any atom is 0.343 e. The molecule has 1 heterocycles. The lowest BCUT2D eigenvalue weighted by molar-refractivity contribution is 0.473. The van der Waals surface area contributed by atoms with Gasteiger partial charge in [0.25, 0.3) is 0 Å². The molecule has 1 N–H and O–H groups in total. The number of phenolic OH excluding ortho intramolecular Hbond substituents is 1. The summed E-state index contributed by atoms with van der Waals surface area (Å²) < 4.78 is 4.98. The monoisotopic (exact) mass is 188 g/mol. The van der Waals surface area contributed by atoms with Gasteiger partial charge < -0.3 is 9.52 Å². The van der Waals surface area contributed by atoms with Crippen LogP contribution in [0.4, 0.5) is 0 Å². The number of hydrogen-bond donors (Lipinski definition) is 1. The van der Waals surface area contributed by atoms with Crippen LogP contribution in [-0.2, 0) is 0 Å². The molecule has 0 saturated heterocycles. The fourth-order valence-corrected chi connectivity index (χ4v) is 1.26. The summed E-state index contributed by atoms with van der Waals surface area (Å²) in [4.78, 5) is 11.3. The van der Waals surface area contributed by atoms with Crippen LogP contribution in [0.2, 0.25) is 0 Å². The first kappa shape index (κ1) is 8.56. The third kappa shape index (κ3) is 1.29. The van der Waals surface area contributed by atoms with E-state index >= 15 is 0 Å². The first-order valence-corrected chi connectivity index (χ1v) is 4.10. The zero-order chi connectivity index (χ0) is 10.1. The molecule has 1 aromatic heterocycles. The van der Waals surface area contributed by atoms with E-state index < -0.39 is 5.63 Å². The van der Waals surface area contributed by atoms with Crippen LogP contribution in [0.1, 0.15) is 5.56 Å². The Balaban J connectivity index is 2.86. The van der Waals surface area contributed by atoms with Crippen molar-refractivity contribution in [2.24, 2.45) is 0 Å². The highest BCUT2D eigenvalue weighted by atomic mass is 16.4. The molecule has 3 heteroatoms. The third-order valence-electron chi connectivity index (χ3n) is 1.97. The Bertz CT molecular complexity index is 552. The van der Waals surface area contributed by atoms with Crippen LogP contribution in [-0.4, -0.2) is 5.11 Å². The van der Waals surface area contributed by atoms with Gasteiger partial charge in [-0.25, -0.2) is 4.79 Å². The molecule has 3 nitrogen and oxygen atoms in total. The number of phenols is 1. The number of fused-ring (bicyclic) bond motifs is 1. The predicted molar refractivity (Wildman–Crippen MR) is 54.2 cm³/mol. The SMILES string of the molecule is C=Cc1cc2ccc(O)cc2oc1=O. The Labute approximate surface area is 79.9 Å². The smallest absolute Gasteiger partial charge is 0.343 e. The summed E-state index contributed by atoms with van der Waals surface area (Å²) in [5, 5.41) is 9.93. The molecule has 0 bridgehead atoms. The second-order valence-electron chi connectivity index (χ2n) is 2.92. The van der Waals surface area contributed by atoms with Gasteiger partial charge in [0.2, 0.25) is 0 Å². The average molecular weight is 188 g/mol. The van der Waals surface area contributed by atoms with E-state index in [1.54, 1.807) is 12.1 Å². The summed E-state index contributed by atoms with van der Waals surface area (Å²) in [5.41, 5.74) is 0.349. The van der Waals surface area contributed by atoms with Gasteiger partial charge in [0.1, 0.15) is 11.3 Å². The summed E-state index contributed by atoms with van der Waals surface area (Å²) >= 11 is 0. The number of aromatic hydroxyl groups is 1. The van der Waals surface area contributed by atoms with E-state index in [-0.39, 0.29) is 5.75 Å². The van der Waals surface area contributed by atoms with Crippen molar-refractivity contribution >= 4 is 17.0 Å². The molecular formula is C11H8O3. The summed E-state index contributed by atoms with van der Waals surface area (Å²) in [6.07, 6.45) is 1.44. The summed E-state index contributed by atoms with van der Waals surface area (Å²) in [7, 11) is 0. The first-order chi connectivity index (χ1) is 6.70. The van der Waals surface area contributed by atoms with Crippen molar-refractivity contribution in [2.75, 3.05) is 0 Å². The van der Waals surface area contributed by atoms with Gasteiger partial charge in [-0.3, -0.25) is 0 Å². The molecule has 0 aliphatic rings. The quantitative estimate of drug-likeness (QED) is 0.697. The fourth-order valence-electron chi connectivity index (χ4n) is 1.26. The molecule has 0 aliphatic carbocycles. The van der Waals surface area contributed by atoms with Crippen LogP contribution in [0.5, 0.6) is 5.75 Å². The predicted octanol–water partition coefficient (Wildman–Crippen LogP) is 2.14. The Morgan fingerprint density at radius 1 is 1.36 bits per heavy atom. The lowest BCUT2D eigenvalue weighted by Crippen LogP contribution is -2.01. The van der Waals surface area contributed by atoms with Crippen LogP contribution in [0.3, 0.4) is 0 Å². The Hall–Kier alpha value is -2.03. The van der Waals surface area contributed by atoms with Crippen molar-refractivity contribution in [3.63, 3.8) is 0 Å². The molecule has 0 fully saturated rings. The zero-order valence-corrected chi connectivity index (χ0v) is 7.36. The average Bonchev–Trinajstić information content (AvgIpc) is 2.16. The summed E-state index contributed by atoms with van der Waals surface area (Å²) in [5.74, 6) is 0.0759. The van der Waals surface area contributed by atoms with Gasteiger partial charge in [-0.15, -0.1) is 0 Å². The lowest BCUT2D eigenvalue weighted by Gasteiger charge is -1.98. The van der Waals surface area contributed by atoms with Gasteiger partial charge in [-0.1, -0.05) is 12.7 Å². The van der Waals surface area contributed by atoms with E-state index in [1.165, 1.54) is 18.2 Å². The fraction of sp³-hybridized carbons (Fsp3) is 0. The molecule has 2 aromatic rings. The van der Waals surface area contributed by atoms with E-state index in [4.69, 9.17) is 9.52 Å². The molecule has 0 atom stereocenters. The summed E-state index contributed by atoms with van der Waals surface area (Å²) in [6, 6.07) is 6.30. The van der Waals surface area contributed by atoms with Crippen molar-refractivity contribution in [1.82, 2.24) is 0 Å². The minimum Gasteiger partial charge on any atom is -0.508 e. The Kier molecular flexibility index (Phi) is 1.85. The third-order valence-corrected chi connectivity index (χ3v) is 1.97. The molecule has 0 radical (unpaired) electrons. The molecule has 14 heavy (non-hydrogen) atoms. The van der Waals surface area contributed by atoms with Crippen LogP contribution >= 0.6 is 0 Å². The minimum absolute atomic E-state index is 0.0759. The van der Waals surface area contributed by atoms with Crippen molar-refractivity contribution in [3.05, 3.63) is 46.8 Å². The molecule has 0 saturated carbocycles. The van der Waals surface area contributed by atoms with Gasteiger partial charge in [-0.05, 0) is 18.2 Å². The Morgan fingerprint density at radius 2 is 2.14 bits per heavy atom. The van der Waals surface area contributed by atoms with E-state index in [1.807, 2.05) is 0 Å². The zero-order valence-electron chi connectivity index (χ0n) is 7.36. The molecule has 0 aliphatic heterocycles. The van der Waals surface area contributed by atoms with E-state index in [9.17, 15) is 4.79 Å². The first-order valence-electron chi connectivity index (χ1n) is 4.10. The van der Waals surface area contributed by atoms with Crippen LogP contribution in [0.15, 0.2) is 40.1 Å². The highest BCUT2D eigenvalue weighted by Crippen LogP contribution is 2.19. The van der Waals surface area contributed by atoms with E-state index in [0.717, 1.165) is 5.39 Å². The van der Waals surface area contributed by atoms with E-state index in [2.05, 4.69) is 6.58 Å². The van der Waals surface area contributed by atoms with Crippen molar-refractivity contribution in [3.8, 4) is 5.75 Å².